The number of ether oxygens (including phenoxy) is 2. The van der Waals surface area contributed by atoms with Gasteiger partial charge in [-0.2, -0.15) is 0 Å². The van der Waals surface area contributed by atoms with E-state index in [1.165, 1.54) is 6.92 Å². The molecule has 0 aromatic heterocycles. The first-order valence-electron chi connectivity index (χ1n) is 14.4. The van der Waals surface area contributed by atoms with Gasteiger partial charge in [0.25, 0.3) is 0 Å². The Hall–Kier alpha value is -1.36. The van der Waals surface area contributed by atoms with E-state index in [-0.39, 0.29) is 48.5 Å². The maximum absolute atomic E-state index is 13.5. The zero-order valence-electron chi connectivity index (χ0n) is 24.3. The monoisotopic (exact) mass is 426 g/mol. The maximum atomic E-state index is 13.5. The van der Waals surface area contributed by atoms with Crippen molar-refractivity contribution in [1.82, 2.24) is 0 Å². The molecule has 2 aliphatic carbocycles. The van der Waals surface area contributed by atoms with E-state index in [0.717, 1.165) is 6.42 Å². The van der Waals surface area contributed by atoms with E-state index < -0.39 is 43.3 Å². The summed E-state index contributed by atoms with van der Waals surface area (Å²) in [4.78, 5) is 25.2. The van der Waals surface area contributed by atoms with E-state index in [1.807, 2.05) is 0 Å². The lowest BCUT2D eigenvalue weighted by Crippen LogP contribution is -2.47. The van der Waals surface area contributed by atoms with Crippen LogP contribution in [-0.2, 0) is 19.1 Å². The number of fused-ring (bicyclic) bond motifs is 1. The van der Waals surface area contributed by atoms with Crippen LogP contribution in [0.5, 0.6) is 0 Å². The number of aliphatic hydroxyl groups is 1. The van der Waals surface area contributed by atoms with Gasteiger partial charge in [0.05, 0.1) is 17.9 Å². The Morgan fingerprint density at radius 2 is 2.03 bits per heavy atom. The summed E-state index contributed by atoms with van der Waals surface area (Å²) in [5.41, 5.74) is -2.59. The summed E-state index contributed by atoms with van der Waals surface area (Å²) in [5.74, 6) is -1.13. The second-order valence-corrected chi connectivity index (χ2v) is 9.71. The van der Waals surface area contributed by atoms with Gasteiger partial charge in [-0.3, -0.25) is 9.59 Å². The highest BCUT2D eigenvalue weighted by molar-refractivity contribution is 5.76. The van der Waals surface area contributed by atoms with Gasteiger partial charge < -0.3 is 14.6 Å². The van der Waals surface area contributed by atoms with Crippen LogP contribution >= 0.6 is 0 Å². The third kappa shape index (κ3) is 5.27. The second kappa shape index (κ2) is 9.42. The summed E-state index contributed by atoms with van der Waals surface area (Å²) >= 11 is 0. The molecule has 30 heavy (non-hydrogen) atoms. The normalized spacial score (nSPS) is 43.0. The van der Waals surface area contributed by atoms with Crippen LogP contribution in [0.25, 0.3) is 0 Å². The molecule has 0 unspecified atom stereocenters. The minimum atomic E-state index is -3.05. The quantitative estimate of drug-likeness (QED) is 0.494. The summed E-state index contributed by atoms with van der Waals surface area (Å²) in [6.07, 6.45) is 5.29. The topological polar surface area (TPSA) is 72.8 Å². The number of carbonyl (C=O) groups excluding carboxylic acids is 2. The summed E-state index contributed by atoms with van der Waals surface area (Å²) in [6, 6.07) is 0. The molecule has 1 N–H and O–H groups in total. The fourth-order valence-corrected chi connectivity index (χ4v) is 5.54. The van der Waals surface area contributed by atoms with Crippen LogP contribution in [0.1, 0.15) is 87.6 Å². The number of esters is 2. The third-order valence-electron chi connectivity index (χ3n) is 7.26. The molecule has 5 heteroatoms. The van der Waals surface area contributed by atoms with Crippen molar-refractivity contribution >= 4 is 11.9 Å². The van der Waals surface area contributed by atoms with Crippen molar-refractivity contribution in [2.45, 2.75) is 97.7 Å². The molecule has 2 fully saturated rings. The van der Waals surface area contributed by atoms with Crippen LogP contribution in [0.3, 0.4) is 0 Å². The number of hydrogen-bond acceptors (Lipinski definition) is 5. The number of aliphatic hydroxyl groups excluding tert-OH is 1. The van der Waals surface area contributed by atoms with Crippen molar-refractivity contribution in [2.24, 2.45) is 35.0 Å². The van der Waals surface area contributed by atoms with E-state index in [2.05, 4.69) is 26.0 Å². The highest BCUT2D eigenvalue weighted by Crippen LogP contribution is 2.48. The molecule has 0 bridgehead atoms. The van der Waals surface area contributed by atoms with Crippen molar-refractivity contribution in [3.8, 4) is 0 Å². The number of rotatable bonds is 6. The van der Waals surface area contributed by atoms with E-state index in [9.17, 15) is 14.7 Å². The molecule has 8 atom stereocenters. The molecular weight excluding hydrogens is 380 g/mol. The van der Waals surface area contributed by atoms with E-state index >= 15 is 0 Å². The largest absolute Gasteiger partial charge is 0.462 e. The Morgan fingerprint density at radius 3 is 2.70 bits per heavy atom. The minimum absolute atomic E-state index is 0.00580. The molecule has 0 amide bonds. The average molecular weight is 427 g/mol. The van der Waals surface area contributed by atoms with Crippen molar-refractivity contribution in [2.75, 3.05) is 0 Å². The molecule has 3 rings (SSSR count). The number of cyclic esters (lactones) is 1. The summed E-state index contributed by atoms with van der Waals surface area (Å²) in [5, 5.41) is 9.97. The first-order valence-corrected chi connectivity index (χ1v) is 11.4. The summed E-state index contributed by atoms with van der Waals surface area (Å²) < 4.78 is 59.0. The van der Waals surface area contributed by atoms with Crippen molar-refractivity contribution in [1.29, 1.82) is 0 Å². The third-order valence-corrected chi connectivity index (χ3v) is 7.26. The molecule has 1 heterocycles. The molecule has 170 valence electrons. The highest BCUT2D eigenvalue weighted by atomic mass is 16.6. The standard InChI is InChI=1S/C25H40O5/c1-6-25(4,5)24(28)30-21-12-15(2)11-17-8-7-16(3)20(23(17)21)10-9-19-13-18(26)14-22(27)29-19/h7-8,15-21,23,26H,6,9-14H2,1-5H3/t15-,16-,17-,18+,19+,20-,21-,23-/m0/s1/i4D3,5D3. The number of carbonyl (C=O) groups is 2. The smallest absolute Gasteiger partial charge is 0.311 e. The minimum Gasteiger partial charge on any atom is -0.462 e. The van der Waals surface area contributed by atoms with Gasteiger partial charge in [0, 0.05) is 20.6 Å². The molecule has 0 spiro atoms. The molecule has 1 saturated heterocycles. The number of hydrogen-bond donors (Lipinski definition) is 1. The predicted octanol–water partition coefficient (Wildman–Crippen LogP) is 4.67. The van der Waals surface area contributed by atoms with Gasteiger partial charge in [0.2, 0.25) is 0 Å². The Balaban J connectivity index is 1.86. The first kappa shape index (κ1) is 16.3. The summed E-state index contributed by atoms with van der Waals surface area (Å²) in [7, 11) is 0. The van der Waals surface area contributed by atoms with Crippen LogP contribution in [-0.4, -0.2) is 35.4 Å². The SMILES string of the molecule is [2H]C([2H])([2H])C(CC)(C(=O)O[C@H]1C[C@@H](C)C[C@@H]2C=C[C@H](C)[C@H](CC[C@@H]3C[C@@H](O)CC(=O)O3)[C@@H]12)C([2H])([2H])[2H]. The lowest BCUT2D eigenvalue weighted by molar-refractivity contribution is -0.171. The van der Waals surface area contributed by atoms with Crippen LogP contribution in [0.15, 0.2) is 12.2 Å². The Morgan fingerprint density at radius 1 is 1.27 bits per heavy atom. The van der Waals surface area contributed by atoms with Crippen molar-refractivity contribution < 1.29 is 32.4 Å². The molecule has 3 aliphatic rings. The molecule has 0 radical (unpaired) electrons. The van der Waals surface area contributed by atoms with Gasteiger partial charge in [-0.15, -0.1) is 0 Å². The van der Waals surface area contributed by atoms with E-state index in [4.69, 9.17) is 17.7 Å². The molecule has 5 nitrogen and oxygen atoms in total. The molecule has 1 saturated carbocycles. The highest BCUT2D eigenvalue weighted by Gasteiger charge is 2.46. The van der Waals surface area contributed by atoms with Crippen LogP contribution in [0, 0.1) is 35.0 Å². The molecule has 1 aliphatic heterocycles. The van der Waals surface area contributed by atoms with Crippen LogP contribution in [0.4, 0.5) is 0 Å². The predicted molar refractivity (Wildman–Crippen MR) is 115 cm³/mol. The van der Waals surface area contributed by atoms with Gasteiger partial charge in [-0.1, -0.05) is 32.9 Å². The molecule has 0 aromatic rings. The molecular formula is C25H40O5. The molecule has 0 aromatic carbocycles. The fraction of sp³-hybridized carbons (Fsp3) is 0.840. The van der Waals surface area contributed by atoms with E-state index in [1.54, 1.807) is 0 Å². The zero-order valence-corrected chi connectivity index (χ0v) is 18.3. The average Bonchev–Trinajstić information content (AvgIpc) is 2.71. The van der Waals surface area contributed by atoms with Crippen LogP contribution in [0.2, 0.25) is 0 Å². The van der Waals surface area contributed by atoms with E-state index in [0.29, 0.717) is 25.7 Å². The van der Waals surface area contributed by atoms with Crippen molar-refractivity contribution in [3.63, 3.8) is 0 Å². The van der Waals surface area contributed by atoms with Gasteiger partial charge in [-0.25, -0.2) is 0 Å². The Kier molecular flexibility index (Phi) is 5.12. The lowest BCUT2D eigenvalue weighted by Gasteiger charge is -2.48. The lowest BCUT2D eigenvalue weighted by atomic mass is 9.60. The second-order valence-electron chi connectivity index (χ2n) is 9.71. The van der Waals surface area contributed by atoms with Crippen molar-refractivity contribution in [3.05, 3.63) is 12.2 Å². The first-order chi connectivity index (χ1) is 16.6. The Bertz CT molecular complexity index is 824. The fourth-order valence-electron chi connectivity index (χ4n) is 5.54. The van der Waals surface area contributed by atoms with Crippen LogP contribution < -0.4 is 0 Å². The zero-order chi connectivity index (χ0) is 27.1. The van der Waals surface area contributed by atoms with Gasteiger partial charge in [0.15, 0.2) is 0 Å². The Labute approximate surface area is 190 Å². The van der Waals surface area contributed by atoms with Gasteiger partial charge >= 0.3 is 11.9 Å². The number of allylic oxidation sites excluding steroid dienone is 2. The maximum Gasteiger partial charge on any atom is 0.311 e. The summed E-state index contributed by atoms with van der Waals surface area (Å²) in [6.45, 7) is -0.553. The van der Waals surface area contributed by atoms with Gasteiger partial charge in [0.1, 0.15) is 12.2 Å². The van der Waals surface area contributed by atoms with Gasteiger partial charge in [-0.05, 0) is 69.5 Å².